The lowest BCUT2D eigenvalue weighted by atomic mass is 9.99. The van der Waals surface area contributed by atoms with Crippen molar-refractivity contribution in [1.82, 2.24) is 4.90 Å². The van der Waals surface area contributed by atoms with E-state index < -0.39 is 15.8 Å². The number of halogens is 2. The van der Waals surface area contributed by atoms with Gasteiger partial charge < -0.3 is 0 Å². The first-order valence-corrected chi connectivity index (χ1v) is 12.1. The number of fused-ring (bicyclic) bond motifs is 1. The van der Waals surface area contributed by atoms with Gasteiger partial charge >= 0.3 is 0 Å². The number of aryl methyl sites for hydroxylation is 1. The van der Waals surface area contributed by atoms with Crippen LogP contribution in [-0.2, 0) is 29.4 Å². The lowest BCUT2D eigenvalue weighted by Crippen LogP contribution is -2.31. The molecule has 162 valence electrons. The molecular weight excluding hydrogens is 435 g/mol. The van der Waals surface area contributed by atoms with Gasteiger partial charge in [0.25, 0.3) is 10.0 Å². The Labute approximate surface area is 187 Å². The fourth-order valence-corrected chi connectivity index (χ4v) is 5.07. The molecule has 1 aliphatic heterocycles. The van der Waals surface area contributed by atoms with Crippen LogP contribution in [0, 0.1) is 5.82 Å². The van der Waals surface area contributed by atoms with Crippen molar-refractivity contribution >= 4 is 27.3 Å². The van der Waals surface area contributed by atoms with Gasteiger partial charge in [-0.1, -0.05) is 29.8 Å². The molecule has 1 N–H and O–H groups in total. The maximum atomic E-state index is 13.1. The number of anilines is 1. The molecule has 7 heteroatoms. The lowest BCUT2D eigenvalue weighted by molar-refractivity contribution is 0.251. The molecule has 0 aliphatic carbocycles. The largest absolute Gasteiger partial charge is 0.299 e. The monoisotopic (exact) mass is 458 g/mol. The number of rotatable bonds is 7. The van der Waals surface area contributed by atoms with E-state index >= 15 is 0 Å². The van der Waals surface area contributed by atoms with Crippen molar-refractivity contribution < 1.29 is 12.8 Å². The van der Waals surface area contributed by atoms with Gasteiger partial charge in [-0.05, 0) is 91.0 Å². The molecule has 0 aromatic heterocycles. The van der Waals surface area contributed by atoms with Gasteiger partial charge in [0.2, 0.25) is 0 Å². The normalized spacial score (nSPS) is 14.3. The van der Waals surface area contributed by atoms with Gasteiger partial charge in [0, 0.05) is 23.8 Å². The summed E-state index contributed by atoms with van der Waals surface area (Å²) in [6.07, 6.45) is 2.88. The molecule has 0 spiro atoms. The van der Waals surface area contributed by atoms with E-state index in [1.807, 2.05) is 18.2 Å². The van der Waals surface area contributed by atoms with Crippen LogP contribution in [0.3, 0.4) is 0 Å². The molecular formula is C24H24ClFN2O2S. The Morgan fingerprint density at radius 3 is 2.45 bits per heavy atom. The molecule has 0 saturated carbocycles. The summed E-state index contributed by atoms with van der Waals surface area (Å²) < 4.78 is 41.0. The lowest BCUT2D eigenvalue weighted by Gasteiger charge is -2.29. The molecule has 1 aliphatic rings. The van der Waals surface area contributed by atoms with E-state index in [-0.39, 0.29) is 4.90 Å². The van der Waals surface area contributed by atoms with E-state index in [4.69, 9.17) is 11.6 Å². The van der Waals surface area contributed by atoms with Gasteiger partial charge in [-0.25, -0.2) is 12.8 Å². The van der Waals surface area contributed by atoms with Crippen LogP contribution in [0.15, 0.2) is 71.6 Å². The van der Waals surface area contributed by atoms with Crippen LogP contribution in [-0.4, -0.2) is 26.4 Å². The Hall–Kier alpha value is -2.41. The minimum Gasteiger partial charge on any atom is -0.299 e. The summed E-state index contributed by atoms with van der Waals surface area (Å²) in [7, 11) is -3.72. The highest BCUT2D eigenvalue weighted by Gasteiger charge is 2.20. The number of hydrogen-bond donors (Lipinski definition) is 1. The topological polar surface area (TPSA) is 49.4 Å². The summed E-state index contributed by atoms with van der Waals surface area (Å²) in [5, 5.41) is 0.755. The second-order valence-corrected chi connectivity index (χ2v) is 9.92. The third kappa shape index (κ3) is 5.64. The fourth-order valence-electron chi connectivity index (χ4n) is 3.84. The molecule has 3 aromatic carbocycles. The summed E-state index contributed by atoms with van der Waals surface area (Å²) in [5.41, 5.74) is 3.85. The SMILES string of the molecule is O=S(=O)(Nc1ccc(F)cc1)c1ccc2c(c1)CCN(CCCc1ccc(Cl)cc1)C2. The van der Waals surface area contributed by atoms with Crippen molar-refractivity contribution in [1.29, 1.82) is 0 Å². The van der Waals surface area contributed by atoms with Crippen LogP contribution in [0.25, 0.3) is 0 Å². The standard InChI is InChI=1S/C24H24ClFN2O2S/c25-21-6-3-18(4-7-21)2-1-14-28-15-13-19-16-24(12-5-20(19)17-28)31(29,30)27-23-10-8-22(26)9-11-23/h3-12,16,27H,1-2,13-15,17H2. The molecule has 0 fully saturated rings. The molecule has 0 bridgehead atoms. The van der Waals surface area contributed by atoms with Gasteiger partial charge in [-0.2, -0.15) is 0 Å². The van der Waals surface area contributed by atoms with Gasteiger partial charge in [-0.15, -0.1) is 0 Å². The van der Waals surface area contributed by atoms with Crippen LogP contribution in [0.4, 0.5) is 10.1 Å². The molecule has 4 nitrogen and oxygen atoms in total. The van der Waals surface area contributed by atoms with Crippen molar-refractivity contribution in [2.24, 2.45) is 0 Å². The molecule has 4 rings (SSSR count). The van der Waals surface area contributed by atoms with E-state index in [1.54, 1.807) is 12.1 Å². The van der Waals surface area contributed by atoms with Crippen LogP contribution >= 0.6 is 11.6 Å². The van der Waals surface area contributed by atoms with Crippen molar-refractivity contribution in [3.05, 3.63) is 94.3 Å². The first-order valence-electron chi connectivity index (χ1n) is 10.3. The van der Waals surface area contributed by atoms with Crippen molar-refractivity contribution in [3.8, 4) is 0 Å². The highest BCUT2D eigenvalue weighted by molar-refractivity contribution is 7.92. The highest BCUT2D eigenvalue weighted by Crippen LogP contribution is 2.24. The Balaban J connectivity index is 1.36. The maximum Gasteiger partial charge on any atom is 0.261 e. The Kier molecular flexibility index (Phi) is 6.60. The molecule has 3 aromatic rings. The van der Waals surface area contributed by atoms with Gasteiger partial charge in [0.15, 0.2) is 0 Å². The van der Waals surface area contributed by atoms with Gasteiger partial charge in [0.1, 0.15) is 5.82 Å². The minimum absolute atomic E-state index is 0.228. The average Bonchev–Trinajstić information content (AvgIpc) is 2.76. The number of nitrogens with zero attached hydrogens (tertiary/aromatic N) is 1. The number of nitrogens with one attached hydrogen (secondary N) is 1. The number of hydrogen-bond acceptors (Lipinski definition) is 3. The molecule has 0 amide bonds. The summed E-state index contributed by atoms with van der Waals surface area (Å²) in [6.45, 7) is 2.72. The zero-order valence-electron chi connectivity index (χ0n) is 17.0. The molecule has 1 heterocycles. The first-order chi connectivity index (χ1) is 14.9. The summed E-state index contributed by atoms with van der Waals surface area (Å²) in [5.74, 6) is -0.408. The zero-order valence-corrected chi connectivity index (χ0v) is 18.6. The van der Waals surface area contributed by atoms with Crippen molar-refractivity contribution in [2.75, 3.05) is 17.8 Å². The molecule has 0 unspecified atom stereocenters. The highest BCUT2D eigenvalue weighted by atomic mass is 35.5. The average molecular weight is 459 g/mol. The molecule has 0 radical (unpaired) electrons. The van der Waals surface area contributed by atoms with Gasteiger partial charge in [-0.3, -0.25) is 9.62 Å². The summed E-state index contributed by atoms with van der Waals surface area (Å²) in [4.78, 5) is 2.63. The van der Waals surface area contributed by atoms with E-state index in [0.717, 1.165) is 49.5 Å². The first kappa shape index (κ1) is 21.8. The Bertz CT molecular complexity index is 1150. The van der Waals surface area contributed by atoms with Gasteiger partial charge in [0.05, 0.1) is 4.90 Å². The summed E-state index contributed by atoms with van der Waals surface area (Å²) >= 11 is 5.94. The van der Waals surface area contributed by atoms with Crippen molar-refractivity contribution in [2.45, 2.75) is 30.7 Å². The van der Waals surface area contributed by atoms with E-state index in [1.165, 1.54) is 35.4 Å². The predicted molar refractivity (Wildman–Crippen MR) is 122 cm³/mol. The maximum absolute atomic E-state index is 13.1. The quantitative estimate of drug-likeness (QED) is 0.524. The smallest absolute Gasteiger partial charge is 0.261 e. The third-order valence-electron chi connectivity index (χ3n) is 5.53. The Morgan fingerprint density at radius 1 is 0.968 bits per heavy atom. The number of benzene rings is 3. The van der Waals surface area contributed by atoms with Crippen molar-refractivity contribution in [3.63, 3.8) is 0 Å². The van der Waals surface area contributed by atoms with Crippen LogP contribution in [0.2, 0.25) is 5.02 Å². The fraction of sp³-hybridized carbons (Fsp3) is 0.250. The number of sulfonamides is 1. The molecule has 31 heavy (non-hydrogen) atoms. The van der Waals surface area contributed by atoms with E-state index in [2.05, 4.69) is 21.8 Å². The Morgan fingerprint density at radius 2 is 1.71 bits per heavy atom. The third-order valence-corrected chi connectivity index (χ3v) is 7.16. The second-order valence-electron chi connectivity index (χ2n) is 7.80. The predicted octanol–water partition coefficient (Wildman–Crippen LogP) is 5.27. The van der Waals surface area contributed by atoms with E-state index in [9.17, 15) is 12.8 Å². The second kappa shape index (κ2) is 9.39. The molecule has 0 atom stereocenters. The van der Waals surface area contributed by atoms with Crippen LogP contribution < -0.4 is 4.72 Å². The zero-order chi connectivity index (χ0) is 21.8. The molecule has 0 saturated heterocycles. The summed E-state index contributed by atoms with van der Waals surface area (Å²) in [6, 6.07) is 18.5. The van der Waals surface area contributed by atoms with Crippen LogP contribution in [0.5, 0.6) is 0 Å². The van der Waals surface area contributed by atoms with E-state index in [0.29, 0.717) is 5.69 Å². The van der Waals surface area contributed by atoms with Crippen LogP contribution in [0.1, 0.15) is 23.1 Å². The minimum atomic E-state index is -3.72.